The van der Waals surface area contributed by atoms with Gasteiger partial charge in [0, 0.05) is 37.1 Å². The summed E-state index contributed by atoms with van der Waals surface area (Å²) in [6.45, 7) is 3.96. The number of rotatable bonds is 5. The highest BCUT2D eigenvalue weighted by atomic mass is 19.1. The van der Waals surface area contributed by atoms with Gasteiger partial charge in [-0.3, -0.25) is 9.55 Å². The first kappa shape index (κ1) is 20.4. The van der Waals surface area contributed by atoms with E-state index in [9.17, 15) is 13.6 Å². The molecule has 0 unspecified atom stereocenters. The molecule has 3 aromatic rings. The lowest BCUT2D eigenvalue weighted by molar-refractivity contribution is 0.0195. The number of aryl methyl sites for hydroxylation is 1. The van der Waals surface area contributed by atoms with Gasteiger partial charge in [0.25, 0.3) is 0 Å². The first-order valence-corrected chi connectivity index (χ1v) is 10.2. The molecule has 166 valence electrons. The monoisotopic (exact) mass is 442 g/mol. The molecule has 1 fully saturated rings. The van der Waals surface area contributed by atoms with Gasteiger partial charge in [-0.2, -0.15) is 4.98 Å². The Kier molecular flexibility index (Phi) is 5.22. The van der Waals surface area contributed by atoms with E-state index in [4.69, 9.17) is 14.2 Å². The van der Waals surface area contributed by atoms with Crippen LogP contribution >= 0.6 is 0 Å². The zero-order valence-electron chi connectivity index (χ0n) is 17.3. The Morgan fingerprint density at radius 3 is 2.78 bits per heavy atom. The molecule has 1 atom stereocenters. The lowest BCUT2D eigenvalue weighted by atomic mass is 10.2. The minimum Gasteiger partial charge on any atom is -0.473 e. The Bertz CT molecular complexity index is 1210. The summed E-state index contributed by atoms with van der Waals surface area (Å²) >= 11 is 0. The second-order valence-electron chi connectivity index (χ2n) is 7.70. The van der Waals surface area contributed by atoms with Crippen LogP contribution in [0, 0.1) is 18.6 Å². The van der Waals surface area contributed by atoms with Crippen molar-refractivity contribution in [1.29, 1.82) is 0 Å². The average Bonchev–Trinajstić information content (AvgIpc) is 2.76. The third-order valence-electron chi connectivity index (χ3n) is 5.35. The van der Waals surface area contributed by atoms with Crippen molar-refractivity contribution in [2.75, 3.05) is 24.6 Å². The molecule has 0 radical (unpaired) electrons. The van der Waals surface area contributed by atoms with Crippen molar-refractivity contribution < 1.29 is 23.0 Å². The summed E-state index contributed by atoms with van der Waals surface area (Å²) in [5.74, 6) is -1.16. The zero-order valence-corrected chi connectivity index (χ0v) is 17.3. The molecule has 2 aliphatic rings. The molecule has 4 heterocycles. The molecule has 10 heteroatoms. The summed E-state index contributed by atoms with van der Waals surface area (Å²) in [4.78, 5) is 22.4. The summed E-state index contributed by atoms with van der Waals surface area (Å²) in [5, 5.41) is 0. The predicted molar refractivity (Wildman–Crippen MR) is 110 cm³/mol. The van der Waals surface area contributed by atoms with Crippen LogP contribution in [0.3, 0.4) is 0 Å². The van der Waals surface area contributed by atoms with Crippen LogP contribution in [0.15, 0.2) is 41.3 Å². The SMILES string of the molecule is Cc1cc(Oc2c(F)cc(COc3cc4n(c(=O)n3)C[C@H]3CN4CCO3)cc2F)ccn1. The van der Waals surface area contributed by atoms with E-state index in [1.165, 1.54) is 12.3 Å². The maximum atomic E-state index is 14.5. The van der Waals surface area contributed by atoms with Crippen molar-refractivity contribution in [1.82, 2.24) is 14.5 Å². The van der Waals surface area contributed by atoms with Crippen molar-refractivity contribution in [2.45, 2.75) is 26.2 Å². The third kappa shape index (κ3) is 4.01. The van der Waals surface area contributed by atoms with Crippen LogP contribution in [-0.4, -0.2) is 40.3 Å². The number of aromatic nitrogens is 3. The second-order valence-corrected chi connectivity index (χ2v) is 7.70. The zero-order chi connectivity index (χ0) is 22.2. The molecule has 0 spiro atoms. The first-order chi connectivity index (χ1) is 15.5. The molecule has 1 saturated heterocycles. The Morgan fingerprint density at radius 1 is 1.19 bits per heavy atom. The number of ether oxygens (including phenoxy) is 3. The summed E-state index contributed by atoms with van der Waals surface area (Å²) in [7, 11) is 0. The van der Waals surface area contributed by atoms with E-state index < -0.39 is 23.1 Å². The largest absolute Gasteiger partial charge is 0.473 e. The Hall–Kier alpha value is -3.53. The van der Waals surface area contributed by atoms with E-state index in [0.717, 1.165) is 12.1 Å². The molecule has 0 N–H and O–H groups in total. The number of hydrogen-bond donors (Lipinski definition) is 0. The molecular weight excluding hydrogens is 422 g/mol. The van der Waals surface area contributed by atoms with Gasteiger partial charge in [-0.1, -0.05) is 0 Å². The number of fused-ring (bicyclic) bond motifs is 4. The Balaban J connectivity index is 1.33. The number of nitrogens with zero attached hydrogens (tertiary/aromatic N) is 4. The highest BCUT2D eigenvalue weighted by molar-refractivity contribution is 5.45. The predicted octanol–water partition coefficient (Wildman–Crippen LogP) is 2.82. The summed E-state index contributed by atoms with van der Waals surface area (Å²) in [6.07, 6.45) is 1.46. The van der Waals surface area contributed by atoms with Gasteiger partial charge in [-0.25, -0.2) is 13.6 Å². The highest BCUT2D eigenvalue weighted by Gasteiger charge is 2.30. The maximum Gasteiger partial charge on any atom is 0.352 e. The van der Waals surface area contributed by atoms with E-state index in [1.54, 1.807) is 23.6 Å². The van der Waals surface area contributed by atoms with Gasteiger partial charge in [0.15, 0.2) is 17.4 Å². The van der Waals surface area contributed by atoms with Crippen LogP contribution < -0.4 is 20.1 Å². The lowest BCUT2D eigenvalue weighted by Gasteiger charge is -2.40. The van der Waals surface area contributed by atoms with Gasteiger partial charge >= 0.3 is 5.69 Å². The Labute approximate surface area is 182 Å². The maximum absolute atomic E-state index is 14.5. The van der Waals surface area contributed by atoms with Gasteiger partial charge in [0.2, 0.25) is 5.88 Å². The summed E-state index contributed by atoms with van der Waals surface area (Å²) in [6, 6.07) is 7.01. The van der Waals surface area contributed by atoms with Crippen LogP contribution in [0.1, 0.15) is 11.3 Å². The van der Waals surface area contributed by atoms with Gasteiger partial charge < -0.3 is 19.1 Å². The molecule has 0 saturated carbocycles. The molecule has 5 rings (SSSR count). The van der Waals surface area contributed by atoms with Crippen LogP contribution in [0.5, 0.6) is 17.4 Å². The molecule has 8 nitrogen and oxygen atoms in total. The van der Waals surface area contributed by atoms with E-state index in [-0.39, 0.29) is 29.9 Å². The number of hydrogen-bond acceptors (Lipinski definition) is 7. The number of pyridine rings is 1. The summed E-state index contributed by atoms with van der Waals surface area (Å²) in [5.41, 5.74) is 0.449. The van der Waals surface area contributed by atoms with Crippen LogP contribution in [0.25, 0.3) is 0 Å². The van der Waals surface area contributed by atoms with E-state index in [1.807, 2.05) is 4.90 Å². The van der Waals surface area contributed by atoms with Crippen molar-refractivity contribution in [2.24, 2.45) is 0 Å². The molecule has 0 amide bonds. The summed E-state index contributed by atoms with van der Waals surface area (Å²) < 4.78 is 47.2. The van der Waals surface area contributed by atoms with Gasteiger partial charge in [-0.15, -0.1) is 0 Å². The van der Waals surface area contributed by atoms with Crippen LogP contribution in [0.2, 0.25) is 0 Å². The molecular formula is C22H20F2N4O4. The van der Waals surface area contributed by atoms with Crippen LogP contribution in [0.4, 0.5) is 14.6 Å². The molecule has 2 aromatic heterocycles. The number of benzene rings is 1. The molecule has 2 aliphatic heterocycles. The lowest BCUT2D eigenvalue weighted by Crippen LogP contribution is -2.52. The fourth-order valence-electron chi connectivity index (χ4n) is 3.87. The molecule has 32 heavy (non-hydrogen) atoms. The van der Waals surface area contributed by atoms with E-state index in [2.05, 4.69) is 9.97 Å². The topological polar surface area (TPSA) is 78.7 Å². The fraction of sp³-hybridized carbons (Fsp3) is 0.318. The highest BCUT2D eigenvalue weighted by Crippen LogP contribution is 2.30. The molecule has 2 bridgehead atoms. The van der Waals surface area contributed by atoms with E-state index in [0.29, 0.717) is 37.8 Å². The average molecular weight is 442 g/mol. The smallest absolute Gasteiger partial charge is 0.352 e. The number of halogens is 2. The third-order valence-corrected chi connectivity index (χ3v) is 5.35. The van der Waals surface area contributed by atoms with Crippen molar-refractivity contribution in [3.05, 3.63) is 69.9 Å². The van der Waals surface area contributed by atoms with Crippen LogP contribution in [-0.2, 0) is 17.9 Å². The second kappa shape index (κ2) is 8.19. The normalized spacial score (nSPS) is 17.1. The molecule has 1 aromatic carbocycles. The minimum absolute atomic E-state index is 0.0368. The van der Waals surface area contributed by atoms with Gasteiger partial charge in [0.1, 0.15) is 18.2 Å². The quantitative estimate of drug-likeness (QED) is 0.601. The Morgan fingerprint density at radius 2 is 2.00 bits per heavy atom. The van der Waals surface area contributed by atoms with Crippen molar-refractivity contribution in [3.63, 3.8) is 0 Å². The van der Waals surface area contributed by atoms with Crippen molar-refractivity contribution >= 4 is 5.82 Å². The van der Waals surface area contributed by atoms with E-state index >= 15 is 0 Å². The molecule has 0 aliphatic carbocycles. The number of anilines is 1. The standard InChI is InChI=1S/C22H20F2N4O4/c1-13-6-15(2-3-25-13)32-21-17(23)7-14(8-18(21)24)12-31-19-9-20-27-4-5-30-16(10-27)11-28(20)22(29)26-19/h2-3,6-9,16H,4-5,10-12H2,1H3/t16-/m1/s1. The fourth-order valence-corrected chi connectivity index (χ4v) is 3.87. The van der Waals surface area contributed by atoms with Gasteiger partial charge in [-0.05, 0) is 30.7 Å². The first-order valence-electron chi connectivity index (χ1n) is 10.2. The van der Waals surface area contributed by atoms with Crippen molar-refractivity contribution in [3.8, 4) is 17.4 Å². The minimum atomic E-state index is -0.865. The van der Waals surface area contributed by atoms with Gasteiger partial charge in [0.05, 0.1) is 19.3 Å². The number of morpholine rings is 1.